The molecule has 0 aliphatic rings. The Labute approximate surface area is 112 Å². The molecule has 19 heavy (non-hydrogen) atoms. The Morgan fingerprint density at radius 3 is 2.47 bits per heavy atom. The zero-order valence-corrected chi connectivity index (χ0v) is 10.7. The summed E-state index contributed by atoms with van der Waals surface area (Å²) >= 11 is 0. The van der Waals surface area contributed by atoms with Crippen LogP contribution >= 0.6 is 0 Å². The number of benzene rings is 1. The molecule has 2 aromatic rings. The van der Waals surface area contributed by atoms with E-state index in [1.54, 1.807) is 6.20 Å². The Hall–Kier alpha value is -1.78. The second-order valence-corrected chi connectivity index (χ2v) is 4.43. The summed E-state index contributed by atoms with van der Waals surface area (Å²) in [6, 6.07) is 11.5. The largest absolute Gasteiger partial charge is 0.395 e. The Bertz CT molecular complexity index is 505. The van der Waals surface area contributed by atoms with E-state index in [9.17, 15) is 4.39 Å². The van der Waals surface area contributed by atoms with Crippen molar-refractivity contribution < 1.29 is 9.50 Å². The van der Waals surface area contributed by atoms with Crippen LogP contribution in [0.5, 0.6) is 0 Å². The van der Waals surface area contributed by atoms with Gasteiger partial charge in [-0.15, -0.1) is 0 Å². The van der Waals surface area contributed by atoms with Crippen LogP contribution in [-0.2, 0) is 13.1 Å². The van der Waals surface area contributed by atoms with Gasteiger partial charge >= 0.3 is 0 Å². The molecule has 0 amide bonds. The number of aliphatic hydroxyl groups is 1. The van der Waals surface area contributed by atoms with Crippen LogP contribution in [0.2, 0.25) is 0 Å². The van der Waals surface area contributed by atoms with Gasteiger partial charge in [-0.3, -0.25) is 9.88 Å². The molecule has 0 saturated heterocycles. The van der Waals surface area contributed by atoms with Crippen LogP contribution in [0.1, 0.15) is 11.1 Å². The van der Waals surface area contributed by atoms with Gasteiger partial charge in [-0.1, -0.05) is 30.3 Å². The molecule has 0 saturated carbocycles. The molecule has 2 rings (SSSR count). The number of hydrogen-bond acceptors (Lipinski definition) is 3. The summed E-state index contributed by atoms with van der Waals surface area (Å²) < 4.78 is 13.1. The van der Waals surface area contributed by atoms with Crippen molar-refractivity contribution in [1.29, 1.82) is 0 Å². The predicted molar refractivity (Wildman–Crippen MR) is 71.8 cm³/mol. The molecule has 1 aromatic carbocycles. The van der Waals surface area contributed by atoms with Gasteiger partial charge in [-0.25, -0.2) is 4.39 Å². The Balaban J connectivity index is 2.04. The molecule has 1 N–H and O–H groups in total. The van der Waals surface area contributed by atoms with Crippen molar-refractivity contribution in [3.63, 3.8) is 0 Å². The van der Waals surface area contributed by atoms with Gasteiger partial charge in [0.15, 0.2) is 0 Å². The normalized spacial score (nSPS) is 10.9. The Morgan fingerprint density at radius 1 is 1.05 bits per heavy atom. The molecule has 0 radical (unpaired) electrons. The van der Waals surface area contributed by atoms with Crippen LogP contribution in [0.25, 0.3) is 0 Å². The van der Waals surface area contributed by atoms with Crippen molar-refractivity contribution in [3.05, 3.63) is 65.7 Å². The minimum atomic E-state index is -0.332. The van der Waals surface area contributed by atoms with Crippen molar-refractivity contribution >= 4 is 0 Å². The van der Waals surface area contributed by atoms with E-state index in [0.717, 1.165) is 12.1 Å². The van der Waals surface area contributed by atoms with E-state index in [0.29, 0.717) is 13.1 Å². The first kappa shape index (κ1) is 13.6. The van der Waals surface area contributed by atoms with Gasteiger partial charge in [0.05, 0.1) is 12.8 Å². The molecule has 3 nitrogen and oxygen atoms in total. The molecular weight excluding hydrogens is 243 g/mol. The quantitative estimate of drug-likeness (QED) is 0.865. The summed E-state index contributed by atoms with van der Waals surface area (Å²) in [5.74, 6) is -0.332. The number of nitrogens with zero attached hydrogens (tertiary/aromatic N) is 2. The zero-order chi connectivity index (χ0) is 13.5. The SMILES string of the molecule is OCCN(Cc1ccccc1)Cc1cncc(F)c1. The van der Waals surface area contributed by atoms with Gasteiger partial charge in [0, 0.05) is 25.8 Å². The zero-order valence-electron chi connectivity index (χ0n) is 10.7. The fourth-order valence-corrected chi connectivity index (χ4v) is 2.00. The van der Waals surface area contributed by atoms with E-state index in [-0.39, 0.29) is 12.4 Å². The maximum absolute atomic E-state index is 13.1. The lowest BCUT2D eigenvalue weighted by Gasteiger charge is -2.21. The standard InChI is InChI=1S/C15H17FN2O/c16-15-8-14(9-17-10-15)12-18(6-7-19)11-13-4-2-1-3-5-13/h1-5,8-10,19H,6-7,11-12H2. The molecule has 0 atom stereocenters. The van der Waals surface area contributed by atoms with Crippen LogP contribution < -0.4 is 0 Å². The van der Waals surface area contributed by atoms with Crippen LogP contribution in [0.4, 0.5) is 4.39 Å². The number of pyridine rings is 1. The van der Waals surface area contributed by atoms with E-state index in [2.05, 4.69) is 9.88 Å². The van der Waals surface area contributed by atoms with Crippen molar-refractivity contribution in [2.75, 3.05) is 13.2 Å². The summed E-state index contributed by atoms with van der Waals surface area (Å²) in [5.41, 5.74) is 1.98. The van der Waals surface area contributed by atoms with Crippen LogP contribution in [0, 0.1) is 5.82 Å². The monoisotopic (exact) mass is 260 g/mol. The van der Waals surface area contributed by atoms with E-state index in [1.807, 2.05) is 30.3 Å². The van der Waals surface area contributed by atoms with Gasteiger partial charge in [0.25, 0.3) is 0 Å². The fourth-order valence-electron chi connectivity index (χ4n) is 2.00. The van der Waals surface area contributed by atoms with Crippen molar-refractivity contribution in [1.82, 2.24) is 9.88 Å². The molecule has 0 unspecified atom stereocenters. The van der Waals surface area contributed by atoms with Crippen LogP contribution in [-0.4, -0.2) is 28.1 Å². The molecule has 0 aliphatic heterocycles. The highest BCUT2D eigenvalue weighted by atomic mass is 19.1. The summed E-state index contributed by atoms with van der Waals surface area (Å²) in [7, 11) is 0. The average molecular weight is 260 g/mol. The molecule has 0 fully saturated rings. The maximum Gasteiger partial charge on any atom is 0.141 e. The molecule has 100 valence electrons. The van der Waals surface area contributed by atoms with Gasteiger partial charge in [-0.05, 0) is 17.2 Å². The molecule has 0 bridgehead atoms. The lowest BCUT2D eigenvalue weighted by atomic mass is 10.2. The minimum Gasteiger partial charge on any atom is -0.395 e. The smallest absolute Gasteiger partial charge is 0.141 e. The third-order valence-electron chi connectivity index (χ3n) is 2.83. The van der Waals surface area contributed by atoms with Gasteiger partial charge in [0.2, 0.25) is 0 Å². The molecular formula is C15H17FN2O. The predicted octanol–water partition coefficient (Wildman–Crippen LogP) is 2.22. The summed E-state index contributed by atoms with van der Waals surface area (Å²) in [4.78, 5) is 5.90. The molecule has 4 heteroatoms. The second-order valence-electron chi connectivity index (χ2n) is 4.43. The van der Waals surface area contributed by atoms with Crippen molar-refractivity contribution in [3.8, 4) is 0 Å². The molecule has 1 heterocycles. The minimum absolute atomic E-state index is 0.0789. The molecule has 0 aliphatic carbocycles. The molecule has 0 spiro atoms. The Morgan fingerprint density at radius 2 is 1.79 bits per heavy atom. The van der Waals surface area contributed by atoms with E-state index in [4.69, 9.17) is 5.11 Å². The van der Waals surface area contributed by atoms with Gasteiger partial charge in [0.1, 0.15) is 5.82 Å². The maximum atomic E-state index is 13.1. The number of aromatic nitrogens is 1. The van der Waals surface area contributed by atoms with Crippen LogP contribution in [0.3, 0.4) is 0 Å². The summed E-state index contributed by atoms with van der Waals surface area (Å²) in [6.45, 7) is 1.92. The molecule has 1 aromatic heterocycles. The number of hydrogen-bond donors (Lipinski definition) is 1. The summed E-state index contributed by atoms with van der Waals surface area (Å²) in [5, 5.41) is 9.12. The summed E-state index contributed by atoms with van der Waals surface area (Å²) in [6.07, 6.45) is 2.84. The number of rotatable bonds is 6. The number of halogens is 1. The van der Waals surface area contributed by atoms with Crippen LogP contribution in [0.15, 0.2) is 48.8 Å². The highest BCUT2D eigenvalue weighted by Gasteiger charge is 2.07. The first-order valence-corrected chi connectivity index (χ1v) is 6.24. The van der Waals surface area contributed by atoms with E-state index < -0.39 is 0 Å². The highest BCUT2D eigenvalue weighted by Crippen LogP contribution is 2.09. The van der Waals surface area contributed by atoms with E-state index in [1.165, 1.54) is 17.8 Å². The third kappa shape index (κ3) is 4.43. The topological polar surface area (TPSA) is 36.4 Å². The van der Waals surface area contributed by atoms with E-state index >= 15 is 0 Å². The van der Waals surface area contributed by atoms with Crippen molar-refractivity contribution in [2.24, 2.45) is 0 Å². The average Bonchev–Trinajstić information content (AvgIpc) is 2.40. The van der Waals surface area contributed by atoms with Gasteiger partial charge < -0.3 is 5.11 Å². The lowest BCUT2D eigenvalue weighted by molar-refractivity contribution is 0.184. The third-order valence-corrected chi connectivity index (χ3v) is 2.83. The lowest BCUT2D eigenvalue weighted by Crippen LogP contribution is -2.26. The van der Waals surface area contributed by atoms with Crippen molar-refractivity contribution in [2.45, 2.75) is 13.1 Å². The Kier molecular flexibility index (Phi) is 5.01. The highest BCUT2D eigenvalue weighted by molar-refractivity contribution is 5.15. The second kappa shape index (κ2) is 6.97. The van der Waals surface area contributed by atoms with Gasteiger partial charge in [-0.2, -0.15) is 0 Å². The first-order chi connectivity index (χ1) is 9.28. The number of aliphatic hydroxyl groups excluding tert-OH is 1. The fraction of sp³-hybridized carbons (Fsp3) is 0.267. The first-order valence-electron chi connectivity index (χ1n) is 6.24.